The van der Waals surface area contributed by atoms with E-state index >= 15 is 0 Å². The van der Waals surface area contributed by atoms with E-state index in [0.29, 0.717) is 10.4 Å². The van der Waals surface area contributed by atoms with Crippen LogP contribution in [0, 0.1) is 5.92 Å². The van der Waals surface area contributed by atoms with Crippen LogP contribution in [0.2, 0.25) is 0 Å². The summed E-state index contributed by atoms with van der Waals surface area (Å²) >= 11 is 3.23. The van der Waals surface area contributed by atoms with Crippen molar-refractivity contribution in [1.29, 1.82) is 0 Å². The molecule has 2 atom stereocenters. The zero-order valence-corrected chi connectivity index (χ0v) is 13.9. The van der Waals surface area contributed by atoms with Crippen LogP contribution in [0.5, 0.6) is 0 Å². The summed E-state index contributed by atoms with van der Waals surface area (Å²) in [7, 11) is -3.62. The van der Waals surface area contributed by atoms with Crippen molar-refractivity contribution in [1.82, 2.24) is 9.71 Å². The van der Waals surface area contributed by atoms with Gasteiger partial charge in [0.05, 0.1) is 0 Å². The van der Waals surface area contributed by atoms with Gasteiger partial charge in [0, 0.05) is 16.7 Å². The smallest absolute Gasteiger partial charge is 0.244 e. The van der Waals surface area contributed by atoms with E-state index in [0.717, 1.165) is 25.7 Å². The molecule has 1 aliphatic carbocycles. The Balaban J connectivity index is 2.24. The maximum Gasteiger partial charge on any atom is 0.244 e. The number of pyridine rings is 1. The third-order valence-electron chi connectivity index (χ3n) is 3.88. The van der Waals surface area contributed by atoms with Gasteiger partial charge in [-0.15, -0.1) is 0 Å². The molecule has 0 amide bonds. The summed E-state index contributed by atoms with van der Waals surface area (Å²) in [5.74, 6) is 0.435. The van der Waals surface area contributed by atoms with E-state index in [9.17, 15) is 8.42 Å². The molecular weight excluding hydrogens is 342 g/mol. The van der Waals surface area contributed by atoms with Crippen LogP contribution in [0.15, 0.2) is 21.6 Å². The van der Waals surface area contributed by atoms with Crippen LogP contribution in [0.4, 0.5) is 5.82 Å². The third-order valence-corrected chi connectivity index (χ3v) is 5.83. The Morgan fingerprint density at radius 3 is 2.85 bits per heavy atom. The molecule has 1 saturated carbocycles. The molecule has 2 rings (SSSR count). The van der Waals surface area contributed by atoms with Gasteiger partial charge in [-0.05, 0) is 40.8 Å². The fourth-order valence-electron chi connectivity index (χ4n) is 2.76. The maximum atomic E-state index is 12.5. The monoisotopic (exact) mass is 361 g/mol. The molecule has 112 valence electrons. The van der Waals surface area contributed by atoms with Crippen molar-refractivity contribution in [2.24, 2.45) is 5.92 Å². The highest BCUT2D eigenvalue weighted by atomic mass is 79.9. The summed E-state index contributed by atoms with van der Waals surface area (Å²) < 4.78 is 28.4. The van der Waals surface area contributed by atoms with Crippen LogP contribution >= 0.6 is 15.9 Å². The van der Waals surface area contributed by atoms with Crippen molar-refractivity contribution in [3.8, 4) is 0 Å². The van der Waals surface area contributed by atoms with E-state index in [2.05, 4.69) is 32.6 Å². The van der Waals surface area contributed by atoms with Crippen molar-refractivity contribution < 1.29 is 8.42 Å². The average Bonchev–Trinajstić information content (AvgIpc) is 2.41. The number of nitrogens with zero attached hydrogens (tertiary/aromatic N) is 1. The second-order valence-electron chi connectivity index (χ2n) is 5.22. The van der Waals surface area contributed by atoms with Gasteiger partial charge in [-0.3, -0.25) is 0 Å². The molecule has 0 saturated heterocycles. The first-order valence-corrected chi connectivity index (χ1v) is 9.15. The lowest BCUT2D eigenvalue weighted by molar-refractivity contribution is 0.282. The van der Waals surface area contributed by atoms with Gasteiger partial charge in [0.25, 0.3) is 0 Å². The summed E-state index contributed by atoms with van der Waals surface area (Å²) in [6, 6.07) is 1.49. The van der Waals surface area contributed by atoms with E-state index in [1.54, 1.807) is 0 Å². The van der Waals surface area contributed by atoms with Crippen molar-refractivity contribution >= 4 is 31.8 Å². The zero-order valence-electron chi connectivity index (χ0n) is 11.5. The molecule has 0 radical (unpaired) electrons. The minimum atomic E-state index is -3.62. The highest BCUT2D eigenvalue weighted by Gasteiger charge is 2.29. The molecule has 1 aromatic heterocycles. The van der Waals surface area contributed by atoms with Crippen molar-refractivity contribution in [2.45, 2.75) is 50.0 Å². The third kappa shape index (κ3) is 3.51. The molecule has 0 bridgehead atoms. The quantitative estimate of drug-likeness (QED) is 0.862. The number of rotatable bonds is 4. The predicted octanol–water partition coefficient (Wildman–Crippen LogP) is 2.67. The lowest BCUT2D eigenvalue weighted by Gasteiger charge is -2.31. The minimum absolute atomic E-state index is 0.00266. The summed E-state index contributed by atoms with van der Waals surface area (Å²) in [6.07, 6.45) is 6.69. The van der Waals surface area contributed by atoms with E-state index in [1.807, 2.05) is 0 Å². The van der Waals surface area contributed by atoms with Crippen molar-refractivity contribution in [3.63, 3.8) is 0 Å². The second kappa shape index (κ2) is 6.41. The molecule has 1 heterocycles. The maximum absolute atomic E-state index is 12.5. The van der Waals surface area contributed by atoms with Crippen molar-refractivity contribution in [3.05, 3.63) is 16.7 Å². The molecule has 1 aromatic rings. The SMILES string of the molecule is CCC1CCCCC1NS(=O)(=O)c1cc(Br)cnc1N. The summed E-state index contributed by atoms with van der Waals surface area (Å²) in [5.41, 5.74) is 5.70. The molecule has 5 nitrogen and oxygen atoms in total. The van der Waals surface area contributed by atoms with E-state index in [4.69, 9.17) is 5.73 Å². The van der Waals surface area contributed by atoms with E-state index < -0.39 is 10.0 Å². The van der Waals surface area contributed by atoms with Gasteiger partial charge in [-0.25, -0.2) is 18.1 Å². The van der Waals surface area contributed by atoms with E-state index in [1.165, 1.54) is 18.7 Å². The second-order valence-corrected chi connectivity index (χ2v) is 7.82. The Kier molecular flexibility index (Phi) is 5.04. The van der Waals surface area contributed by atoms with Gasteiger partial charge in [0.1, 0.15) is 10.7 Å². The van der Waals surface area contributed by atoms with Gasteiger partial charge in [0.2, 0.25) is 10.0 Å². The van der Waals surface area contributed by atoms with Gasteiger partial charge in [0.15, 0.2) is 0 Å². The van der Waals surface area contributed by atoms with Crippen LogP contribution in [-0.2, 0) is 10.0 Å². The van der Waals surface area contributed by atoms with Crippen LogP contribution in [0.3, 0.4) is 0 Å². The average molecular weight is 362 g/mol. The Labute approximate surface area is 128 Å². The Bertz CT molecular complexity index is 577. The summed E-state index contributed by atoms with van der Waals surface area (Å²) in [6.45, 7) is 2.10. The van der Waals surface area contributed by atoms with Crippen LogP contribution < -0.4 is 10.5 Å². The standard InChI is InChI=1S/C13H20BrN3O2S/c1-2-9-5-3-4-6-11(9)17-20(18,19)12-7-10(14)8-16-13(12)15/h7-9,11,17H,2-6H2,1H3,(H2,15,16). The van der Waals surface area contributed by atoms with E-state index in [-0.39, 0.29) is 16.8 Å². The Hall–Kier alpha value is -0.660. The fourth-order valence-corrected chi connectivity index (χ4v) is 4.69. The van der Waals surface area contributed by atoms with Gasteiger partial charge >= 0.3 is 0 Å². The predicted molar refractivity (Wildman–Crippen MR) is 82.7 cm³/mol. The molecule has 0 aliphatic heterocycles. The topological polar surface area (TPSA) is 85.1 Å². The summed E-state index contributed by atoms with van der Waals surface area (Å²) in [5, 5.41) is 0. The molecule has 20 heavy (non-hydrogen) atoms. The number of nitrogens with one attached hydrogen (secondary N) is 1. The number of halogens is 1. The lowest BCUT2D eigenvalue weighted by Crippen LogP contribution is -2.42. The minimum Gasteiger partial charge on any atom is -0.383 e. The highest BCUT2D eigenvalue weighted by molar-refractivity contribution is 9.10. The highest BCUT2D eigenvalue weighted by Crippen LogP contribution is 2.29. The molecule has 0 spiro atoms. The number of aromatic nitrogens is 1. The number of anilines is 1. The zero-order chi connectivity index (χ0) is 14.8. The molecule has 7 heteroatoms. The first-order chi connectivity index (χ1) is 9.44. The van der Waals surface area contributed by atoms with Gasteiger partial charge in [-0.2, -0.15) is 0 Å². The number of hydrogen-bond donors (Lipinski definition) is 2. The Morgan fingerprint density at radius 1 is 1.45 bits per heavy atom. The molecule has 0 aromatic carbocycles. The first kappa shape index (κ1) is 15.7. The molecular formula is C13H20BrN3O2S. The van der Waals surface area contributed by atoms with Gasteiger partial charge in [-0.1, -0.05) is 26.2 Å². The van der Waals surface area contributed by atoms with Gasteiger partial charge < -0.3 is 5.73 Å². The largest absolute Gasteiger partial charge is 0.383 e. The van der Waals surface area contributed by atoms with Crippen LogP contribution in [0.25, 0.3) is 0 Å². The lowest BCUT2D eigenvalue weighted by atomic mass is 9.83. The fraction of sp³-hybridized carbons (Fsp3) is 0.615. The van der Waals surface area contributed by atoms with Crippen LogP contribution in [0.1, 0.15) is 39.0 Å². The number of sulfonamides is 1. The number of nitrogens with two attached hydrogens (primary N) is 1. The van der Waals surface area contributed by atoms with Crippen LogP contribution in [-0.4, -0.2) is 19.4 Å². The molecule has 3 N–H and O–H groups in total. The molecule has 1 aliphatic rings. The normalized spacial score (nSPS) is 23.7. The number of nitrogen functional groups attached to an aromatic ring is 1. The molecule has 2 unspecified atom stereocenters. The molecule has 1 fully saturated rings. The Morgan fingerprint density at radius 2 is 2.15 bits per heavy atom. The number of hydrogen-bond acceptors (Lipinski definition) is 4. The first-order valence-electron chi connectivity index (χ1n) is 6.87. The van der Waals surface area contributed by atoms with Crippen molar-refractivity contribution in [2.75, 3.05) is 5.73 Å². The summed E-state index contributed by atoms with van der Waals surface area (Å²) in [4.78, 5) is 3.94.